The lowest BCUT2D eigenvalue weighted by molar-refractivity contribution is 0.910. The van der Waals surface area contributed by atoms with E-state index in [9.17, 15) is 0 Å². The molecule has 0 unspecified atom stereocenters. The third-order valence-electron chi connectivity index (χ3n) is 3.23. The van der Waals surface area contributed by atoms with Crippen molar-refractivity contribution in [3.05, 3.63) is 35.7 Å². The Kier molecular flexibility index (Phi) is 3.45. The zero-order valence-corrected chi connectivity index (χ0v) is 11.7. The zero-order chi connectivity index (χ0) is 13.9. The molecule has 0 saturated heterocycles. The summed E-state index contributed by atoms with van der Waals surface area (Å²) in [5.74, 6) is 3.93. The summed E-state index contributed by atoms with van der Waals surface area (Å²) < 4.78 is 0. The first-order chi connectivity index (χ1) is 9.74. The molecule has 1 fully saturated rings. The molecule has 1 saturated carbocycles. The fraction of sp³-hybridized carbons (Fsp3) is 0.429. The summed E-state index contributed by atoms with van der Waals surface area (Å²) in [4.78, 5) is 17.5. The highest BCUT2D eigenvalue weighted by Gasteiger charge is 2.27. The molecule has 2 aromatic heterocycles. The molecule has 20 heavy (non-hydrogen) atoms. The molecular formula is C14H18N6. The van der Waals surface area contributed by atoms with E-state index in [2.05, 4.69) is 30.6 Å². The largest absolute Gasteiger partial charge is 0.373 e. The van der Waals surface area contributed by atoms with Crippen LogP contribution in [0.15, 0.2) is 18.3 Å². The lowest BCUT2D eigenvalue weighted by Gasteiger charge is -2.09. The summed E-state index contributed by atoms with van der Waals surface area (Å²) in [5.41, 5.74) is 0.954. The first-order valence-corrected chi connectivity index (χ1v) is 6.84. The van der Waals surface area contributed by atoms with Gasteiger partial charge in [0.05, 0.1) is 12.2 Å². The van der Waals surface area contributed by atoms with Crippen molar-refractivity contribution in [3.63, 3.8) is 0 Å². The second-order valence-corrected chi connectivity index (χ2v) is 4.97. The number of rotatable bonds is 5. The highest BCUT2D eigenvalue weighted by atomic mass is 15.1. The quantitative estimate of drug-likeness (QED) is 0.866. The Balaban J connectivity index is 1.74. The van der Waals surface area contributed by atoms with Crippen LogP contribution in [0.2, 0.25) is 0 Å². The van der Waals surface area contributed by atoms with Crippen LogP contribution < -0.4 is 10.6 Å². The van der Waals surface area contributed by atoms with Crippen LogP contribution >= 0.6 is 0 Å². The standard InChI is InChI=1S/C14H18N6/c1-9-16-6-5-11(18-9)8-17-13-7-12(15-2)19-14(20-13)10-3-4-10/h5-7,10H,3-4,8H2,1-2H3,(H2,15,17,19,20). The molecule has 0 spiro atoms. The molecule has 1 aliphatic rings. The van der Waals surface area contributed by atoms with E-state index in [0.717, 1.165) is 29.0 Å². The Bertz CT molecular complexity index is 608. The summed E-state index contributed by atoms with van der Waals surface area (Å²) in [6.07, 6.45) is 4.16. The van der Waals surface area contributed by atoms with Gasteiger partial charge >= 0.3 is 0 Å². The fourth-order valence-electron chi connectivity index (χ4n) is 1.99. The maximum absolute atomic E-state index is 4.58. The van der Waals surface area contributed by atoms with Crippen LogP contribution in [0.25, 0.3) is 0 Å². The number of aromatic nitrogens is 4. The van der Waals surface area contributed by atoms with Gasteiger partial charge in [0, 0.05) is 25.2 Å². The average molecular weight is 270 g/mol. The average Bonchev–Trinajstić information content (AvgIpc) is 3.29. The van der Waals surface area contributed by atoms with Gasteiger partial charge < -0.3 is 10.6 Å². The van der Waals surface area contributed by atoms with Gasteiger partial charge in [-0.2, -0.15) is 0 Å². The van der Waals surface area contributed by atoms with Crippen LogP contribution in [0.3, 0.4) is 0 Å². The number of anilines is 2. The summed E-state index contributed by atoms with van der Waals surface area (Å²) in [5, 5.41) is 6.39. The minimum atomic E-state index is 0.533. The SMILES string of the molecule is CNc1cc(NCc2ccnc(C)n2)nc(C2CC2)n1. The third kappa shape index (κ3) is 3.01. The van der Waals surface area contributed by atoms with Crippen molar-refractivity contribution in [1.29, 1.82) is 0 Å². The topological polar surface area (TPSA) is 75.6 Å². The first kappa shape index (κ1) is 12.8. The lowest BCUT2D eigenvalue weighted by Crippen LogP contribution is -2.07. The predicted molar refractivity (Wildman–Crippen MR) is 77.6 cm³/mol. The van der Waals surface area contributed by atoms with Crippen LogP contribution in [0.5, 0.6) is 0 Å². The van der Waals surface area contributed by atoms with E-state index in [1.807, 2.05) is 26.1 Å². The van der Waals surface area contributed by atoms with Gasteiger partial charge in [-0.15, -0.1) is 0 Å². The van der Waals surface area contributed by atoms with Gasteiger partial charge in [-0.25, -0.2) is 19.9 Å². The monoisotopic (exact) mass is 270 g/mol. The second kappa shape index (κ2) is 5.40. The van der Waals surface area contributed by atoms with Crippen LogP contribution in [-0.2, 0) is 6.54 Å². The Morgan fingerprint density at radius 3 is 2.70 bits per heavy atom. The summed E-state index contributed by atoms with van der Waals surface area (Å²) in [6.45, 7) is 2.52. The molecule has 3 rings (SSSR count). The predicted octanol–water partition coefficient (Wildman–Crippen LogP) is 2.11. The second-order valence-electron chi connectivity index (χ2n) is 4.97. The first-order valence-electron chi connectivity index (χ1n) is 6.84. The molecule has 2 heterocycles. The molecule has 2 N–H and O–H groups in total. The van der Waals surface area contributed by atoms with Crippen LogP contribution in [0.1, 0.15) is 36.1 Å². The highest BCUT2D eigenvalue weighted by Crippen LogP contribution is 2.38. The van der Waals surface area contributed by atoms with Gasteiger partial charge in [0.1, 0.15) is 23.3 Å². The zero-order valence-electron chi connectivity index (χ0n) is 11.7. The van der Waals surface area contributed by atoms with E-state index in [0.29, 0.717) is 12.5 Å². The van der Waals surface area contributed by atoms with E-state index in [4.69, 9.17) is 0 Å². The molecule has 0 amide bonds. The maximum atomic E-state index is 4.58. The van der Waals surface area contributed by atoms with Crippen molar-refractivity contribution in [2.75, 3.05) is 17.7 Å². The van der Waals surface area contributed by atoms with Crippen LogP contribution in [0.4, 0.5) is 11.6 Å². The smallest absolute Gasteiger partial charge is 0.136 e. The van der Waals surface area contributed by atoms with Crippen molar-refractivity contribution >= 4 is 11.6 Å². The molecule has 2 aromatic rings. The molecule has 0 bridgehead atoms. The Morgan fingerprint density at radius 2 is 2.00 bits per heavy atom. The number of nitrogens with zero attached hydrogens (tertiary/aromatic N) is 4. The number of aryl methyl sites for hydroxylation is 1. The Labute approximate surface area is 118 Å². The molecule has 0 atom stereocenters. The van der Waals surface area contributed by atoms with Gasteiger partial charge in [-0.1, -0.05) is 0 Å². The molecular weight excluding hydrogens is 252 g/mol. The Hall–Kier alpha value is -2.24. The van der Waals surface area contributed by atoms with E-state index in [1.165, 1.54) is 12.8 Å². The third-order valence-corrected chi connectivity index (χ3v) is 3.23. The number of hydrogen-bond donors (Lipinski definition) is 2. The maximum Gasteiger partial charge on any atom is 0.136 e. The fourth-order valence-corrected chi connectivity index (χ4v) is 1.99. The van der Waals surface area contributed by atoms with E-state index < -0.39 is 0 Å². The molecule has 0 aliphatic heterocycles. The molecule has 6 nitrogen and oxygen atoms in total. The number of nitrogens with one attached hydrogen (secondary N) is 2. The lowest BCUT2D eigenvalue weighted by atomic mass is 10.3. The van der Waals surface area contributed by atoms with Crippen molar-refractivity contribution < 1.29 is 0 Å². The van der Waals surface area contributed by atoms with E-state index in [1.54, 1.807) is 6.20 Å². The van der Waals surface area contributed by atoms with E-state index >= 15 is 0 Å². The molecule has 0 aromatic carbocycles. The van der Waals surface area contributed by atoms with Gasteiger partial charge in [0.25, 0.3) is 0 Å². The van der Waals surface area contributed by atoms with Gasteiger partial charge in [-0.3, -0.25) is 0 Å². The van der Waals surface area contributed by atoms with Crippen molar-refractivity contribution in [2.45, 2.75) is 32.2 Å². The summed E-state index contributed by atoms with van der Waals surface area (Å²) in [6, 6.07) is 3.82. The molecule has 6 heteroatoms. The van der Waals surface area contributed by atoms with E-state index in [-0.39, 0.29) is 0 Å². The van der Waals surface area contributed by atoms with Crippen LogP contribution in [-0.4, -0.2) is 27.0 Å². The molecule has 0 radical (unpaired) electrons. The minimum Gasteiger partial charge on any atom is -0.373 e. The summed E-state index contributed by atoms with van der Waals surface area (Å²) >= 11 is 0. The van der Waals surface area contributed by atoms with Crippen molar-refractivity contribution in [2.24, 2.45) is 0 Å². The van der Waals surface area contributed by atoms with Gasteiger partial charge in [-0.05, 0) is 25.8 Å². The highest BCUT2D eigenvalue weighted by molar-refractivity contribution is 5.48. The van der Waals surface area contributed by atoms with Crippen molar-refractivity contribution in [1.82, 2.24) is 19.9 Å². The van der Waals surface area contributed by atoms with Gasteiger partial charge in [0.2, 0.25) is 0 Å². The molecule has 1 aliphatic carbocycles. The normalized spacial score (nSPS) is 14.1. The molecule has 104 valence electrons. The van der Waals surface area contributed by atoms with Crippen LogP contribution in [0, 0.1) is 6.92 Å². The van der Waals surface area contributed by atoms with Gasteiger partial charge in [0.15, 0.2) is 0 Å². The number of hydrogen-bond acceptors (Lipinski definition) is 6. The van der Waals surface area contributed by atoms with Crippen molar-refractivity contribution in [3.8, 4) is 0 Å². The summed E-state index contributed by atoms with van der Waals surface area (Å²) in [7, 11) is 1.87. The Morgan fingerprint density at radius 1 is 1.20 bits per heavy atom. The minimum absolute atomic E-state index is 0.533.